The van der Waals surface area contributed by atoms with Crippen LogP contribution in [0.25, 0.3) is 11.6 Å². The molecule has 0 aliphatic heterocycles. The standard InChI is InChI=1S/C17H17ClSi/c1-19(2,18)17-15-11-7-6-10-14(15)12-16(17)13-8-4-3-5-9-13/h3-12,17H,1-2H3. The van der Waals surface area contributed by atoms with Gasteiger partial charge in [-0.05, 0) is 22.3 Å². The van der Waals surface area contributed by atoms with Gasteiger partial charge in [0.1, 0.15) is 0 Å². The number of halogens is 1. The van der Waals surface area contributed by atoms with Crippen molar-refractivity contribution in [2.75, 3.05) is 0 Å². The van der Waals surface area contributed by atoms with Gasteiger partial charge < -0.3 is 0 Å². The summed E-state index contributed by atoms with van der Waals surface area (Å²) in [6.45, 7) is 4.47. The average molecular weight is 285 g/mol. The normalized spacial score (nSPS) is 18.1. The summed E-state index contributed by atoms with van der Waals surface area (Å²) in [5, 5.41) is 0. The Morgan fingerprint density at radius 3 is 2.21 bits per heavy atom. The van der Waals surface area contributed by atoms with Gasteiger partial charge in [0, 0.05) is 5.54 Å². The molecule has 2 aromatic carbocycles. The lowest BCUT2D eigenvalue weighted by Crippen LogP contribution is -2.28. The van der Waals surface area contributed by atoms with Gasteiger partial charge in [-0.15, -0.1) is 0 Å². The second kappa shape index (κ2) is 4.66. The second-order valence-electron chi connectivity index (χ2n) is 5.59. The first-order valence-electron chi connectivity index (χ1n) is 6.62. The van der Waals surface area contributed by atoms with Crippen molar-refractivity contribution in [3.63, 3.8) is 0 Å². The fraction of sp³-hybridized carbons (Fsp3) is 0.176. The Balaban J connectivity index is 2.16. The quantitative estimate of drug-likeness (QED) is 0.518. The highest BCUT2D eigenvalue weighted by Crippen LogP contribution is 2.47. The van der Waals surface area contributed by atoms with E-state index in [1.54, 1.807) is 0 Å². The molecule has 0 N–H and O–H groups in total. The molecule has 0 spiro atoms. The first-order valence-corrected chi connectivity index (χ1v) is 10.7. The van der Waals surface area contributed by atoms with Gasteiger partial charge in [0.25, 0.3) is 0 Å². The molecular formula is C17H17ClSi. The van der Waals surface area contributed by atoms with Gasteiger partial charge in [-0.2, -0.15) is 11.1 Å². The van der Waals surface area contributed by atoms with E-state index in [2.05, 4.69) is 73.8 Å². The highest BCUT2D eigenvalue weighted by atomic mass is 35.6. The van der Waals surface area contributed by atoms with E-state index in [9.17, 15) is 0 Å². The van der Waals surface area contributed by atoms with Crippen molar-refractivity contribution in [3.8, 4) is 0 Å². The third-order valence-electron chi connectivity index (χ3n) is 3.72. The van der Waals surface area contributed by atoms with Crippen LogP contribution in [0.1, 0.15) is 22.2 Å². The molecule has 1 atom stereocenters. The summed E-state index contributed by atoms with van der Waals surface area (Å²) in [6.07, 6.45) is 2.31. The van der Waals surface area contributed by atoms with Crippen LogP contribution in [0.3, 0.4) is 0 Å². The zero-order valence-corrected chi connectivity index (χ0v) is 13.0. The molecule has 0 saturated carbocycles. The van der Waals surface area contributed by atoms with Crippen molar-refractivity contribution in [1.82, 2.24) is 0 Å². The summed E-state index contributed by atoms with van der Waals surface area (Å²) in [5.74, 6) is 0. The van der Waals surface area contributed by atoms with Crippen LogP contribution in [0.4, 0.5) is 0 Å². The van der Waals surface area contributed by atoms with Gasteiger partial charge >= 0.3 is 0 Å². The monoisotopic (exact) mass is 284 g/mol. The van der Waals surface area contributed by atoms with Crippen LogP contribution in [-0.2, 0) is 0 Å². The largest absolute Gasteiger partial charge is 0.167 e. The van der Waals surface area contributed by atoms with Gasteiger partial charge in [-0.3, -0.25) is 0 Å². The predicted octanol–water partition coefficient (Wildman–Crippen LogP) is 5.31. The molecule has 1 aliphatic carbocycles. The lowest BCUT2D eigenvalue weighted by molar-refractivity contribution is 1.20. The van der Waals surface area contributed by atoms with E-state index in [0.29, 0.717) is 5.54 Å². The van der Waals surface area contributed by atoms with E-state index < -0.39 is 7.38 Å². The lowest BCUT2D eigenvalue weighted by atomic mass is 10.0. The van der Waals surface area contributed by atoms with Crippen LogP contribution in [0.15, 0.2) is 54.6 Å². The summed E-state index contributed by atoms with van der Waals surface area (Å²) < 4.78 is 0. The van der Waals surface area contributed by atoms with E-state index in [1.165, 1.54) is 22.3 Å². The van der Waals surface area contributed by atoms with Gasteiger partial charge in [0.05, 0.1) is 0 Å². The summed E-state index contributed by atoms with van der Waals surface area (Å²) in [4.78, 5) is 0. The van der Waals surface area contributed by atoms with E-state index in [-0.39, 0.29) is 0 Å². The minimum atomic E-state index is -1.82. The smallest absolute Gasteiger partial charge is 0.162 e. The van der Waals surface area contributed by atoms with Crippen LogP contribution in [-0.4, -0.2) is 7.38 Å². The minimum absolute atomic E-state index is 0.382. The Labute approximate surface area is 120 Å². The van der Waals surface area contributed by atoms with Crippen molar-refractivity contribution >= 4 is 30.1 Å². The SMILES string of the molecule is C[Si](C)(Cl)C1C(c2ccccc2)=Cc2ccccc21. The van der Waals surface area contributed by atoms with E-state index in [4.69, 9.17) is 11.1 Å². The Morgan fingerprint density at radius 1 is 0.895 bits per heavy atom. The molecule has 0 nitrogen and oxygen atoms in total. The van der Waals surface area contributed by atoms with E-state index >= 15 is 0 Å². The van der Waals surface area contributed by atoms with Crippen LogP contribution in [0, 0.1) is 0 Å². The first kappa shape index (κ1) is 12.7. The molecule has 0 aromatic heterocycles. The van der Waals surface area contributed by atoms with Crippen LogP contribution in [0.5, 0.6) is 0 Å². The molecular weight excluding hydrogens is 268 g/mol. The highest BCUT2D eigenvalue weighted by Gasteiger charge is 2.38. The maximum absolute atomic E-state index is 6.81. The summed E-state index contributed by atoms with van der Waals surface area (Å²) in [7, 11) is -1.82. The van der Waals surface area contributed by atoms with Gasteiger partial charge in [-0.1, -0.05) is 73.8 Å². The molecule has 0 fully saturated rings. The van der Waals surface area contributed by atoms with Crippen molar-refractivity contribution in [3.05, 3.63) is 71.3 Å². The van der Waals surface area contributed by atoms with Gasteiger partial charge in [0.2, 0.25) is 0 Å². The molecule has 0 saturated heterocycles. The number of hydrogen-bond donors (Lipinski definition) is 0. The van der Waals surface area contributed by atoms with Crippen molar-refractivity contribution in [1.29, 1.82) is 0 Å². The molecule has 2 heteroatoms. The molecule has 1 unspecified atom stereocenters. The molecule has 2 aromatic rings. The minimum Gasteiger partial charge on any atom is -0.167 e. The molecule has 0 radical (unpaired) electrons. The fourth-order valence-corrected chi connectivity index (χ4v) is 5.64. The number of rotatable bonds is 2. The first-order chi connectivity index (χ1) is 9.07. The van der Waals surface area contributed by atoms with E-state index in [1.807, 2.05) is 0 Å². The molecule has 19 heavy (non-hydrogen) atoms. The third-order valence-corrected chi connectivity index (χ3v) is 6.37. The highest BCUT2D eigenvalue weighted by molar-refractivity contribution is 7.20. The molecule has 96 valence electrons. The Kier molecular flexibility index (Phi) is 3.12. The Morgan fingerprint density at radius 2 is 1.53 bits per heavy atom. The zero-order chi connectivity index (χ0) is 13.5. The van der Waals surface area contributed by atoms with Crippen molar-refractivity contribution < 1.29 is 0 Å². The molecule has 3 rings (SSSR count). The lowest BCUT2D eigenvalue weighted by Gasteiger charge is -2.26. The second-order valence-corrected chi connectivity index (χ2v) is 12.2. The number of fused-ring (bicyclic) bond motifs is 1. The zero-order valence-electron chi connectivity index (χ0n) is 11.2. The number of benzene rings is 2. The number of hydrogen-bond acceptors (Lipinski definition) is 0. The average Bonchev–Trinajstić information content (AvgIpc) is 2.79. The topological polar surface area (TPSA) is 0 Å². The van der Waals surface area contributed by atoms with Crippen LogP contribution < -0.4 is 0 Å². The summed E-state index contributed by atoms with van der Waals surface area (Å²) in [6, 6.07) is 19.2. The summed E-state index contributed by atoms with van der Waals surface area (Å²) in [5.41, 5.74) is 5.78. The maximum Gasteiger partial charge on any atom is 0.162 e. The van der Waals surface area contributed by atoms with Crippen LogP contribution in [0.2, 0.25) is 13.1 Å². The van der Waals surface area contributed by atoms with Gasteiger partial charge in [0.15, 0.2) is 7.38 Å². The fourth-order valence-electron chi connectivity index (χ4n) is 2.94. The molecule has 1 aliphatic rings. The Hall–Kier alpha value is -1.31. The molecule has 0 amide bonds. The Bertz CT molecular complexity index is 623. The molecule has 0 heterocycles. The molecule has 0 bridgehead atoms. The van der Waals surface area contributed by atoms with Crippen molar-refractivity contribution in [2.24, 2.45) is 0 Å². The summed E-state index contributed by atoms with van der Waals surface area (Å²) >= 11 is 6.81. The third kappa shape index (κ3) is 2.29. The number of allylic oxidation sites excluding steroid dienone is 1. The predicted molar refractivity (Wildman–Crippen MR) is 86.8 cm³/mol. The van der Waals surface area contributed by atoms with Crippen LogP contribution >= 0.6 is 11.1 Å². The van der Waals surface area contributed by atoms with Gasteiger partial charge in [-0.25, -0.2) is 0 Å². The maximum atomic E-state index is 6.81. The van der Waals surface area contributed by atoms with Crippen molar-refractivity contribution in [2.45, 2.75) is 18.6 Å². The van der Waals surface area contributed by atoms with E-state index in [0.717, 1.165) is 0 Å².